The van der Waals surface area contributed by atoms with Gasteiger partial charge in [-0.15, -0.1) is 35.3 Å². The topological polar surface area (TPSA) is 40.5 Å². The molecule has 1 aliphatic heterocycles. The van der Waals surface area contributed by atoms with E-state index in [1.165, 1.54) is 12.8 Å². The van der Waals surface area contributed by atoms with Crippen LogP contribution < -0.4 is 5.32 Å². The van der Waals surface area contributed by atoms with Gasteiger partial charge in [-0.1, -0.05) is 13.8 Å². The van der Waals surface area contributed by atoms with Crippen molar-refractivity contribution in [3.63, 3.8) is 0 Å². The summed E-state index contributed by atoms with van der Waals surface area (Å²) in [6, 6.07) is 0. The molecule has 1 unspecified atom stereocenters. The second-order valence-corrected chi connectivity index (χ2v) is 6.56. The molecule has 1 aromatic heterocycles. The molecule has 1 aliphatic rings. The zero-order chi connectivity index (χ0) is 13.9. The van der Waals surface area contributed by atoms with Gasteiger partial charge in [0.05, 0.1) is 6.54 Å². The monoisotopic (exact) mass is 408 g/mol. The van der Waals surface area contributed by atoms with Gasteiger partial charge in [0.2, 0.25) is 0 Å². The van der Waals surface area contributed by atoms with Crippen molar-refractivity contribution in [2.75, 3.05) is 20.1 Å². The number of nitrogens with zero attached hydrogens (tertiary/aromatic N) is 3. The van der Waals surface area contributed by atoms with Gasteiger partial charge in [0.15, 0.2) is 5.96 Å². The molecule has 1 saturated heterocycles. The number of halogens is 1. The molecular formula is C14H25IN4S. The molecule has 0 spiro atoms. The second-order valence-electron chi connectivity index (χ2n) is 5.62. The summed E-state index contributed by atoms with van der Waals surface area (Å²) in [5.41, 5.74) is 1.53. The molecule has 1 atom stereocenters. The van der Waals surface area contributed by atoms with E-state index in [0.29, 0.717) is 5.41 Å². The highest BCUT2D eigenvalue weighted by molar-refractivity contribution is 14.0. The van der Waals surface area contributed by atoms with E-state index in [0.717, 1.165) is 36.3 Å². The molecule has 2 heterocycles. The van der Waals surface area contributed by atoms with Crippen LogP contribution in [0.3, 0.4) is 0 Å². The number of thiazole rings is 1. The molecule has 0 saturated carbocycles. The first-order chi connectivity index (χ1) is 9.06. The third kappa shape index (κ3) is 4.31. The van der Waals surface area contributed by atoms with E-state index in [4.69, 9.17) is 0 Å². The van der Waals surface area contributed by atoms with Gasteiger partial charge >= 0.3 is 0 Å². The van der Waals surface area contributed by atoms with Crippen LogP contribution in [0.5, 0.6) is 0 Å². The van der Waals surface area contributed by atoms with Crippen molar-refractivity contribution in [1.82, 2.24) is 15.2 Å². The van der Waals surface area contributed by atoms with Crippen molar-refractivity contribution in [3.8, 4) is 0 Å². The SMILES string of the molecule is CCC1(C)CCN(C(=NC)NCc2nc(C)cs2)C1.I. The van der Waals surface area contributed by atoms with Crippen LogP contribution >= 0.6 is 35.3 Å². The van der Waals surface area contributed by atoms with Crippen LogP contribution in [0.4, 0.5) is 0 Å². The zero-order valence-electron chi connectivity index (χ0n) is 12.8. The third-order valence-electron chi connectivity index (χ3n) is 3.99. The molecule has 0 radical (unpaired) electrons. The van der Waals surface area contributed by atoms with Crippen LogP contribution in [0, 0.1) is 12.3 Å². The summed E-state index contributed by atoms with van der Waals surface area (Å²) in [7, 11) is 1.86. The molecule has 20 heavy (non-hydrogen) atoms. The molecular weight excluding hydrogens is 383 g/mol. The average molecular weight is 408 g/mol. The number of guanidine groups is 1. The summed E-state index contributed by atoms with van der Waals surface area (Å²) < 4.78 is 0. The smallest absolute Gasteiger partial charge is 0.194 e. The van der Waals surface area contributed by atoms with Gasteiger partial charge in [0.1, 0.15) is 5.01 Å². The Morgan fingerprint density at radius 1 is 1.60 bits per heavy atom. The highest BCUT2D eigenvalue weighted by Crippen LogP contribution is 2.32. The summed E-state index contributed by atoms with van der Waals surface area (Å²) in [6.07, 6.45) is 2.48. The summed E-state index contributed by atoms with van der Waals surface area (Å²) in [4.78, 5) is 11.2. The Morgan fingerprint density at radius 3 is 2.85 bits per heavy atom. The number of likely N-dealkylation sites (tertiary alicyclic amines) is 1. The lowest BCUT2D eigenvalue weighted by Crippen LogP contribution is -2.40. The van der Waals surface area contributed by atoms with Crippen molar-refractivity contribution >= 4 is 41.3 Å². The van der Waals surface area contributed by atoms with Crippen molar-refractivity contribution in [1.29, 1.82) is 0 Å². The van der Waals surface area contributed by atoms with Crippen LogP contribution in [0.25, 0.3) is 0 Å². The second kappa shape index (κ2) is 7.59. The Balaban J connectivity index is 0.00000200. The summed E-state index contributed by atoms with van der Waals surface area (Å²) in [5.74, 6) is 1.00. The highest BCUT2D eigenvalue weighted by Gasteiger charge is 2.33. The number of rotatable bonds is 3. The molecule has 4 nitrogen and oxygen atoms in total. The zero-order valence-corrected chi connectivity index (χ0v) is 15.9. The molecule has 0 aromatic carbocycles. The minimum Gasteiger partial charge on any atom is -0.350 e. The predicted molar refractivity (Wildman–Crippen MR) is 97.1 cm³/mol. The predicted octanol–water partition coefficient (Wildman–Crippen LogP) is 3.27. The molecule has 0 amide bonds. The van der Waals surface area contributed by atoms with Crippen molar-refractivity contribution in [2.24, 2.45) is 10.4 Å². The number of hydrogen-bond acceptors (Lipinski definition) is 3. The van der Waals surface area contributed by atoms with E-state index in [1.54, 1.807) is 11.3 Å². The minimum absolute atomic E-state index is 0. The van der Waals surface area contributed by atoms with Crippen molar-refractivity contribution in [3.05, 3.63) is 16.1 Å². The van der Waals surface area contributed by atoms with E-state index < -0.39 is 0 Å². The van der Waals surface area contributed by atoms with Crippen LogP contribution in [0.15, 0.2) is 10.4 Å². The van der Waals surface area contributed by atoms with Gasteiger partial charge < -0.3 is 10.2 Å². The Hall–Kier alpha value is -0.370. The number of aromatic nitrogens is 1. The fraction of sp³-hybridized carbons (Fsp3) is 0.714. The molecule has 1 N–H and O–H groups in total. The van der Waals surface area contributed by atoms with Gasteiger partial charge in [-0.3, -0.25) is 4.99 Å². The highest BCUT2D eigenvalue weighted by atomic mass is 127. The maximum atomic E-state index is 4.47. The Labute approximate surface area is 143 Å². The maximum absolute atomic E-state index is 4.47. The fourth-order valence-corrected chi connectivity index (χ4v) is 3.18. The van der Waals surface area contributed by atoms with E-state index in [9.17, 15) is 0 Å². The lowest BCUT2D eigenvalue weighted by molar-refractivity contribution is 0.322. The number of hydrogen-bond donors (Lipinski definition) is 1. The van der Waals surface area contributed by atoms with Gasteiger partial charge in [-0.2, -0.15) is 0 Å². The normalized spacial score (nSPS) is 22.8. The molecule has 1 aromatic rings. The van der Waals surface area contributed by atoms with E-state index in [2.05, 4.69) is 39.4 Å². The van der Waals surface area contributed by atoms with Gasteiger partial charge in [0.25, 0.3) is 0 Å². The Kier molecular flexibility index (Phi) is 6.71. The van der Waals surface area contributed by atoms with Gasteiger partial charge in [-0.05, 0) is 25.2 Å². The van der Waals surface area contributed by atoms with E-state index >= 15 is 0 Å². The molecule has 2 rings (SSSR count). The average Bonchev–Trinajstić information content (AvgIpc) is 2.98. The third-order valence-corrected chi connectivity index (χ3v) is 4.95. The van der Waals surface area contributed by atoms with Gasteiger partial charge in [0, 0.05) is 31.2 Å². The molecule has 0 aliphatic carbocycles. The number of aryl methyl sites for hydroxylation is 1. The number of nitrogens with one attached hydrogen (secondary N) is 1. The largest absolute Gasteiger partial charge is 0.350 e. The summed E-state index contributed by atoms with van der Waals surface area (Å²) in [5, 5.41) is 6.64. The van der Waals surface area contributed by atoms with E-state index in [1.807, 2.05) is 14.0 Å². The Morgan fingerprint density at radius 2 is 2.35 bits per heavy atom. The van der Waals surface area contributed by atoms with E-state index in [-0.39, 0.29) is 24.0 Å². The molecule has 114 valence electrons. The Bertz CT molecular complexity index is 460. The van der Waals surface area contributed by atoms with Crippen LogP contribution in [0.2, 0.25) is 0 Å². The first-order valence-corrected chi connectivity index (χ1v) is 7.81. The lowest BCUT2D eigenvalue weighted by atomic mass is 9.87. The first-order valence-electron chi connectivity index (χ1n) is 6.93. The summed E-state index contributed by atoms with van der Waals surface area (Å²) in [6.45, 7) is 9.63. The van der Waals surface area contributed by atoms with Crippen molar-refractivity contribution < 1.29 is 0 Å². The van der Waals surface area contributed by atoms with Gasteiger partial charge in [-0.25, -0.2) is 4.98 Å². The summed E-state index contributed by atoms with van der Waals surface area (Å²) >= 11 is 1.70. The maximum Gasteiger partial charge on any atom is 0.194 e. The minimum atomic E-state index is 0. The van der Waals surface area contributed by atoms with Crippen LogP contribution in [-0.4, -0.2) is 36.0 Å². The lowest BCUT2D eigenvalue weighted by Gasteiger charge is -2.25. The first kappa shape index (κ1) is 17.7. The standard InChI is InChI=1S/C14H24N4S.HI/c1-5-14(3)6-7-18(10-14)13(15-4)16-8-12-17-11(2)9-19-12;/h9H,5-8,10H2,1-4H3,(H,15,16);1H. The van der Waals surface area contributed by atoms with Crippen LogP contribution in [-0.2, 0) is 6.54 Å². The fourth-order valence-electron chi connectivity index (χ4n) is 2.46. The molecule has 0 bridgehead atoms. The molecule has 6 heteroatoms. The quantitative estimate of drug-likeness (QED) is 0.474. The molecule has 1 fully saturated rings. The van der Waals surface area contributed by atoms with Crippen molar-refractivity contribution in [2.45, 2.75) is 40.2 Å². The number of aliphatic imine (C=N–C) groups is 1. The van der Waals surface area contributed by atoms with Crippen LogP contribution in [0.1, 0.15) is 37.4 Å².